The molecule has 0 heterocycles. The first-order valence-corrected chi connectivity index (χ1v) is 12.9. The fraction of sp³-hybridized carbons (Fsp3) is 0.885. The first-order chi connectivity index (χ1) is 14.7. The Morgan fingerprint density at radius 3 is 1.87 bits per heavy atom. The molecule has 178 valence electrons. The van der Waals surface area contributed by atoms with Crippen LogP contribution in [0.4, 0.5) is 0 Å². The van der Waals surface area contributed by atoms with E-state index in [0.29, 0.717) is 6.42 Å². The maximum absolute atomic E-state index is 10.2. The van der Waals surface area contributed by atoms with Crippen molar-refractivity contribution < 1.29 is 14.7 Å². The van der Waals surface area contributed by atoms with Gasteiger partial charge in [0.05, 0.1) is 12.4 Å². The van der Waals surface area contributed by atoms with Gasteiger partial charge >= 0.3 is 0 Å². The number of hydrogen-bond acceptors (Lipinski definition) is 4. The van der Waals surface area contributed by atoms with Crippen molar-refractivity contribution in [1.82, 2.24) is 5.06 Å². The molecular formula is C26H51NO3. The summed E-state index contributed by atoms with van der Waals surface area (Å²) in [5.41, 5.74) is 0. The monoisotopic (exact) mass is 425 g/mol. The van der Waals surface area contributed by atoms with Gasteiger partial charge in [-0.3, -0.25) is 0 Å². The van der Waals surface area contributed by atoms with Gasteiger partial charge in [0.2, 0.25) is 0 Å². The lowest BCUT2D eigenvalue weighted by molar-refractivity contribution is -0.107. The molecule has 0 aromatic heterocycles. The number of hydroxylamine groups is 2. The van der Waals surface area contributed by atoms with Gasteiger partial charge in [0.1, 0.15) is 6.29 Å². The molecule has 0 bridgehead atoms. The standard InChI is InChI=1S/C26H51NO3/c1-3-4-5-6-9-15-20-25-30-26(2)21-16-11-10-13-18-23-27(29)22-17-12-7-8-14-19-24-28/h24,29H,2-23,25H2,1H3. The van der Waals surface area contributed by atoms with Crippen LogP contribution >= 0.6 is 0 Å². The average Bonchev–Trinajstić information content (AvgIpc) is 2.74. The van der Waals surface area contributed by atoms with Crippen LogP contribution in [-0.2, 0) is 9.53 Å². The van der Waals surface area contributed by atoms with Crippen LogP contribution in [0.25, 0.3) is 0 Å². The summed E-state index contributed by atoms with van der Waals surface area (Å²) < 4.78 is 5.75. The minimum Gasteiger partial charge on any atom is -0.499 e. The van der Waals surface area contributed by atoms with E-state index in [1.54, 1.807) is 0 Å². The zero-order valence-corrected chi connectivity index (χ0v) is 20.1. The number of unbranched alkanes of at least 4 members (excludes halogenated alkanes) is 15. The summed E-state index contributed by atoms with van der Waals surface area (Å²) in [4.78, 5) is 10.2. The number of ether oxygens (including phenoxy) is 1. The van der Waals surface area contributed by atoms with Crippen LogP contribution < -0.4 is 0 Å². The van der Waals surface area contributed by atoms with Crippen LogP contribution in [0, 0.1) is 0 Å². The Bertz CT molecular complexity index is 373. The van der Waals surface area contributed by atoms with Gasteiger partial charge in [0.15, 0.2) is 0 Å². The summed E-state index contributed by atoms with van der Waals surface area (Å²) in [6, 6.07) is 0. The highest BCUT2D eigenvalue weighted by molar-refractivity contribution is 5.48. The molecule has 0 unspecified atom stereocenters. The van der Waals surface area contributed by atoms with Gasteiger partial charge < -0.3 is 14.7 Å². The van der Waals surface area contributed by atoms with E-state index in [9.17, 15) is 10.0 Å². The fourth-order valence-electron chi connectivity index (χ4n) is 3.66. The van der Waals surface area contributed by atoms with E-state index in [2.05, 4.69) is 13.5 Å². The Morgan fingerprint density at radius 2 is 1.27 bits per heavy atom. The lowest BCUT2D eigenvalue weighted by Gasteiger charge is -2.14. The molecule has 0 spiro atoms. The van der Waals surface area contributed by atoms with Crippen LogP contribution in [0.2, 0.25) is 0 Å². The van der Waals surface area contributed by atoms with E-state index in [0.717, 1.165) is 89.5 Å². The van der Waals surface area contributed by atoms with Crippen LogP contribution in [0.15, 0.2) is 12.3 Å². The molecule has 4 nitrogen and oxygen atoms in total. The van der Waals surface area contributed by atoms with Crippen molar-refractivity contribution in [3.63, 3.8) is 0 Å². The molecule has 0 rings (SSSR count). The van der Waals surface area contributed by atoms with Gasteiger partial charge in [-0.05, 0) is 32.1 Å². The topological polar surface area (TPSA) is 49.8 Å². The molecule has 1 N–H and O–H groups in total. The molecule has 0 amide bonds. The predicted molar refractivity (Wildman–Crippen MR) is 128 cm³/mol. The summed E-state index contributed by atoms with van der Waals surface area (Å²) in [6.07, 6.45) is 23.2. The quantitative estimate of drug-likeness (QED) is 0.0700. The minimum atomic E-state index is 0.687. The Hall–Kier alpha value is -0.870. The van der Waals surface area contributed by atoms with E-state index in [-0.39, 0.29) is 0 Å². The molecule has 0 aliphatic carbocycles. The summed E-state index contributed by atoms with van der Waals surface area (Å²) in [6.45, 7) is 8.68. The summed E-state index contributed by atoms with van der Waals surface area (Å²) in [5, 5.41) is 11.4. The smallest absolute Gasteiger partial charge is 0.119 e. The molecular weight excluding hydrogens is 374 g/mol. The fourth-order valence-corrected chi connectivity index (χ4v) is 3.66. The predicted octanol–water partition coefficient (Wildman–Crippen LogP) is 7.84. The molecule has 0 atom stereocenters. The first-order valence-electron chi connectivity index (χ1n) is 12.9. The van der Waals surface area contributed by atoms with Crippen molar-refractivity contribution in [3.8, 4) is 0 Å². The highest BCUT2D eigenvalue weighted by Crippen LogP contribution is 2.13. The Balaban J connectivity index is 3.26. The van der Waals surface area contributed by atoms with Gasteiger partial charge in [0, 0.05) is 25.9 Å². The molecule has 0 saturated carbocycles. The lowest BCUT2D eigenvalue weighted by Crippen LogP contribution is -2.21. The van der Waals surface area contributed by atoms with E-state index in [4.69, 9.17) is 4.74 Å². The van der Waals surface area contributed by atoms with Crippen LogP contribution in [0.3, 0.4) is 0 Å². The molecule has 0 fully saturated rings. The Labute approximate surface area is 187 Å². The van der Waals surface area contributed by atoms with Crippen LogP contribution in [0.5, 0.6) is 0 Å². The first kappa shape index (κ1) is 29.1. The van der Waals surface area contributed by atoms with Crippen LogP contribution in [0.1, 0.15) is 129 Å². The van der Waals surface area contributed by atoms with E-state index < -0.39 is 0 Å². The third kappa shape index (κ3) is 23.4. The second-order valence-corrected chi connectivity index (χ2v) is 8.70. The molecule has 4 heteroatoms. The molecule has 0 aliphatic heterocycles. The van der Waals surface area contributed by atoms with E-state index >= 15 is 0 Å². The van der Waals surface area contributed by atoms with Crippen molar-refractivity contribution in [1.29, 1.82) is 0 Å². The van der Waals surface area contributed by atoms with Crippen LogP contribution in [-0.4, -0.2) is 36.3 Å². The SMILES string of the molecule is C=C(CCCCCCCN(O)CCCCCCCC=O)OCCCCCCCCC. The molecule has 0 aliphatic rings. The molecule has 0 aromatic carbocycles. The highest BCUT2D eigenvalue weighted by Gasteiger charge is 2.01. The van der Waals surface area contributed by atoms with Crippen molar-refractivity contribution in [2.24, 2.45) is 0 Å². The molecule has 0 saturated heterocycles. The van der Waals surface area contributed by atoms with Crippen molar-refractivity contribution >= 4 is 6.29 Å². The number of rotatable bonds is 25. The number of carbonyl (C=O) groups is 1. The zero-order chi connectivity index (χ0) is 22.1. The van der Waals surface area contributed by atoms with Gasteiger partial charge in [-0.15, -0.1) is 0 Å². The number of hydrogen-bond donors (Lipinski definition) is 1. The third-order valence-corrected chi connectivity index (χ3v) is 5.66. The number of carbonyl (C=O) groups excluding carboxylic acids is 1. The Morgan fingerprint density at radius 1 is 0.767 bits per heavy atom. The summed E-state index contributed by atoms with van der Waals surface area (Å²) >= 11 is 0. The lowest BCUT2D eigenvalue weighted by atomic mass is 10.1. The second-order valence-electron chi connectivity index (χ2n) is 8.70. The highest BCUT2D eigenvalue weighted by atomic mass is 16.5. The number of nitrogens with zero attached hydrogens (tertiary/aromatic N) is 1. The molecule has 0 aromatic rings. The minimum absolute atomic E-state index is 0.687. The van der Waals surface area contributed by atoms with Gasteiger partial charge in [-0.2, -0.15) is 5.06 Å². The summed E-state index contributed by atoms with van der Waals surface area (Å²) in [5.74, 6) is 0.952. The van der Waals surface area contributed by atoms with Gasteiger partial charge in [-0.25, -0.2) is 0 Å². The van der Waals surface area contributed by atoms with E-state index in [1.165, 1.54) is 62.9 Å². The maximum Gasteiger partial charge on any atom is 0.119 e. The number of allylic oxidation sites excluding steroid dienone is 1. The second kappa shape index (κ2) is 24.4. The van der Waals surface area contributed by atoms with E-state index in [1.807, 2.05) is 0 Å². The number of aldehydes is 1. The van der Waals surface area contributed by atoms with Gasteiger partial charge in [-0.1, -0.05) is 90.6 Å². The van der Waals surface area contributed by atoms with Gasteiger partial charge in [0.25, 0.3) is 0 Å². The van der Waals surface area contributed by atoms with Crippen molar-refractivity contribution in [2.75, 3.05) is 19.7 Å². The van der Waals surface area contributed by atoms with Crippen molar-refractivity contribution in [3.05, 3.63) is 12.3 Å². The Kier molecular flexibility index (Phi) is 23.7. The zero-order valence-electron chi connectivity index (χ0n) is 20.1. The van der Waals surface area contributed by atoms with Crippen molar-refractivity contribution in [2.45, 2.75) is 129 Å². The largest absolute Gasteiger partial charge is 0.499 e. The third-order valence-electron chi connectivity index (χ3n) is 5.66. The average molecular weight is 426 g/mol. The molecule has 30 heavy (non-hydrogen) atoms. The normalized spacial score (nSPS) is 11.2. The maximum atomic E-state index is 10.2. The summed E-state index contributed by atoms with van der Waals surface area (Å²) in [7, 11) is 0. The molecule has 0 radical (unpaired) electrons.